The summed E-state index contributed by atoms with van der Waals surface area (Å²) in [7, 11) is -2.73. The molecule has 0 aliphatic carbocycles. The Bertz CT molecular complexity index is 767. The lowest BCUT2D eigenvalue weighted by Crippen LogP contribution is -2.32. The molecule has 3 rings (SSSR count). The normalized spacial score (nSPS) is 16.4. The third kappa shape index (κ3) is 3.56. The summed E-state index contributed by atoms with van der Waals surface area (Å²) in [5, 5.41) is 0. The molecule has 0 atom stereocenters. The first kappa shape index (κ1) is 17.9. The van der Waals surface area contributed by atoms with Crippen LogP contribution < -0.4 is 0 Å². The zero-order valence-corrected chi connectivity index (χ0v) is 16.3. The van der Waals surface area contributed by atoms with Crippen LogP contribution in [-0.4, -0.2) is 16.8 Å². The average molecular weight is 351 g/mol. The quantitative estimate of drug-likeness (QED) is 0.575. The number of allylic oxidation sites excluding steroid dienone is 2. The Hall–Kier alpha value is -1.89. The molecule has 0 saturated heterocycles. The molecular formula is C22H26NOP. The third-order valence-corrected chi connectivity index (χ3v) is 7.41. The van der Waals surface area contributed by atoms with Crippen LogP contribution in [-0.2, 0) is 4.57 Å². The lowest BCUT2D eigenvalue weighted by atomic mass is 9.95. The van der Waals surface area contributed by atoms with Crippen molar-refractivity contribution in [2.45, 2.75) is 39.8 Å². The van der Waals surface area contributed by atoms with Crippen LogP contribution in [0.15, 0.2) is 72.3 Å². The van der Waals surface area contributed by atoms with Crippen LogP contribution in [0.25, 0.3) is 11.1 Å². The van der Waals surface area contributed by atoms with Crippen LogP contribution in [0.4, 0.5) is 0 Å². The number of hydrogen-bond donors (Lipinski definition) is 0. The molecule has 130 valence electrons. The Morgan fingerprint density at radius 2 is 1.04 bits per heavy atom. The molecular weight excluding hydrogens is 325 g/mol. The van der Waals surface area contributed by atoms with Crippen LogP contribution in [0.1, 0.15) is 38.8 Å². The molecule has 0 unspecified atom stereocenters. The Kier molecular flexibility index (Phi) is 5.13. The average Bonchev–Trinajstić information content (AvgIpc) is 2.94. The van der Waals surface area contributed by atoms with Gasteiger partial charge in [-0.1, -0.05) is 60.7 Å². The molecule has 1 aliphatic heterocycles. The molecule has 0 radical (unpaired) electrons. The molecule has 2 nitrogen and oxygen atoms in total. The molecule has 1 heterocycles. The van der Waals surface area contributed by atoms with E-state index >= 15 is 0 Å². The van der Waals surface area contributed by atoms with E-state index in [1.807, 2.05) is 48.0 Å². The summed E-state index contributed by atoms with van der Waals surface area (Å²) in [6.07, 6.45) is 0. The van der Waals surface area contributed by atoms with Crippen LogP contribution in [0.3, 0.4) is 0 Å². The van der Waals surface area contributed by atoms with Gasteiger partial charge >= 0.3 is 0 Å². The molecule has 0 saturated carbocycles. The molecule has 2 aromatic carbocycles. The van der Waals surface area contributed by atoms with E-state index < -0.39 is 7.29 Å². The number of nitrogens with zero attached hydrogens (tertiary/aromatic N) is 1. The Morgan fingerprint density at radius 3 is 1.36 bits per heavy atom. The Balaban J connectivity index is 2.18. The van der Waals surface area contributed by atoms with Crippen molar-refractivity contribution in [1.29, 1.82) is 0 Å². The maximum atomic E-state index is 13.9. The van der Waals surface area contributed by atoms with Gasteiger partial charge < -0.3 is 0 Å². The van der Waals surface area contributed by atoms with E-state index in [1.165, 1.54) is 0 Å². The second kappa shape index (κ2) is 7.15. The summed E-state index contributed by atoms with van der Waals surface area (Å²) in [6.45, 7) is 8.46. The zero-order valence-electron chi connectivity index (χ0n) is 15.4. The maximum Gasteiger partial charge on any atom is 0.195 e. The van der Waals surface area contributed by atoms with E-state index in [9.17, 15) is 4.57 Å². The molecule has 0 aromatic heterocycles. The van der Waals surface area contributed by atoms with Crippen molar-refractivity contribution in [3.05, 3.63) is 83.4 Å². The van der Waals surface area contributed by atoms with E-state index in [-0.39, 0.29) is 12.1 Å². The van der Waals surface area contributed by atoms with Crippen molar-refractivity contribution in [2.24, 2.45) is 0 Å². The highest BCUT2D eigenvalue weighted by molar-refractivity contribution is 7.69. The molecule has 1 aliphatic rings. The predicted molar refractivity (Wildman–Crippen MR) is 109 cm³/mol. The molecule has 2 aromatic rings. The van der Waals surface area contributed by atoms with Gasteiger partial charge in [-0.15, -0.1) is 0 Å². The fraction of sp³-hybridized carbons (Fsp3) is 0.273. The first-order valence-electron chi connectivity index (χ1n) is 8.87. The van der Waals surface area contributed by atoms with Gasteiger partial charge in [0.25, 0.3) is 0 Å². The van der Waals surface area contributed by atoms with Gasteiger partial charge in [0.05, 0.1) is 0 Å². The smallest absolute Gasteiger partial charge is 0.195 e. The fourth-order valence-electron chi connectivity index (χ4n) is 3.69. The summed E-state index contributed by atoms with van der Waals surface area (Å²) < 4.78 is 16.1. The maximum absolute atomic E-state index is 13.9. The highest BCUT2D eigenvalue weighted by atomic mass is 31.2. The zero-order chi connectivity index (χ0) is 18.0. The summed E-state index contributed by atoms with van der Waals surface area (Å²) >= 11 is 0. The van der Waals surface area contributed by atoms with Crippen molar-refractivity contribution in [3.63, 3.8) is 0 Å². The van der Waals surface area contributed by atoms with E-state index in [4.69, 9.17) is 0 Å². The summed E-state index contributed by atoms with van der Waals surface area (Å²) in [5.74, 6) is 4.01. The third-order valence-electron chi connectivity index (χ3n) is 4.51. The Labute approximate surface area is 151 Å². The minimum atomic E-state index is -2.73. The summed E-state index contributed by atoms with van der Waals surface area (Å²) in [6, 6.07) is 20.9. The van der Waals surface area contributed by atoms with Crippen molar-refractivity contribution < 1.29 is 4.57 Å². The minimum absolute atomic E-state index is 0.213. The predicted octanol–water partition coefficient (Wildman–Crippen LogP) is 6.48. The fourth-order valence-corrected chi connectivity index (χ4v) is 6.79. The number of rotatable bonds is 5. The van der Waals surface area contributed by atoms with E-state index in [1.54, 1.807) is 0 Å². The van der Waals surface area contributed by atoms with Crippen molar-refractivity contribution in [3.8, 4) is 0 Å². The number of hydrogen-bond acceptors (Lipinski definition) is 1. The lowest BCUT2D eigenvalue weighted by molar-refractivity contribution is 0.307. The monoisotopic (exact) mass is 351 g/mol. The SMILES string of the molecule is CC(C)N(C(C)C)P1(=O)C=C(c2ccccc2)C(c2ccccc2)=C1. The van der Waals surface area contributed by atoms with E-state index in [0.717, 1.165) is 22.3 Å². The summed E-state index contributed by atoms with van der Waals surface area (Å²) in [4.78, 5) is 0. The molecule has 0 amide bonds. The van der Waals surface area contributed by atoms with Crippen molar-refractivity contribution in [2.75, 3.05) is 0 Å². The molecule has 0 bridgehead atoms. The molecule has 3 heteroatoms. The minimum Gasteiger partial charge on any atom is -0.297 e. The topological polar surface area (TPSA) is 20.3 Å². The van der Waals surface area contributed by atoms with E-state index in [0.29, 0.717) is 0 Å². The first-order chi connectivity index (χ1) is 11.9. The second-order valence-electron chi connectivity index (χ2n) is 7.06. The van der Waals surface area contributed by atoms with E-state index in [2.05, 4.69) is 56.6 Å². The van der Waals surface area contributed by atoms with Crippen LogP contribution in [0.2, 0.25) is 0 Å². The van der Waals surface area contributed by atoms with Crippen LogP contribution in [0, 0.1) is 0 Å². The van der Waals surface area contributed by atoms with Gasteiger partial charge in [0, 0.05) is 23.7 Å². The molecule has 0 spiro atoms. The number of benzene rings is 2. The first-order valence-corrected chi connectivity index (χ1v) is 10.7. The van der Waals surface area contributed by atoms with Gasteiger partial charge in [-0.3, -0.25) is 4.57 Å². The lowest BCUT2D eigenvalue weighted by Gasteiger charge is -2.33. The molecule has 0 fully saturated rings. The highest BCUT2D eigenvalue weighted by Crippen LogP contribution is 2.64. The van der Waals surface area contributed by atoms with Gasteiger partial charge in [0.1, 0.15) is 0 Å². The van der Waals surface area contributed by atoms with Gasteiger partial charge in [-0.25, -0.2) is 4.67 Å². The highest BCUT2D eigenvalue weighted by Gasteiger charge is 2.36. The van der Waals surface area contributed by atoms with Crippen molar-refractivity contribution >= 4 is 18.4 Å². The largest absolute Gasteiger partial charge is 0.297 e. The Morgan fingerprint density at radius 1 is 0.680 bits per heavy atom. The second-order valence-corrected chi connectivity index (χ2v) is 9.38. The van der Waals surface area contributed by atoms with Crippen LogP contribution >= 0.6 is 7.29 Å². The molecule has 0 N–H and O–H groups in total. The van der Waals surface area contributed by atoms with Gasteiger partial charge in [0.2, 0.25) is 0 Å². The standard InChI is InChI=1S/C22H26NOP/c1-17(2)23(18(3)4)25(24)15-21(19-11-7-5-8-12-19)22(16-25)20-13-9-6-10-14-20/h5-18H,1-4H3. The molecule has 25 heavy (non-hydrogen) atoms. The van der Waals surface area contributed by atoms with Gasteiger partial charge in [-0.2, -0.15) is 0 Å². The van der Waals surface area contributed by atoms with Crippen LogP contribution in [0.5, 0.6) is 0 Å². The van der Waals surface area contributed by atoms with Gasteiger partial charge in [0.15, 0.2) is 7.29 Å². The summed E-state index contributed by atoms with van der Waals surface area (Å²) in [5.41, 5.74) is 4.37. The van der Waals surface area contributed by atoms with Gasteiger partial charge in [-0.05, 0) is 50.0 Å². The van der Waals surface area contributed by atoms with Crippen molar-refractivity contribution in [1.82, 2.24) is 4.67 Å².